The normalized spacial score (nSPS) is 14.5. The van der Waals surface area contributed by atoms with Gasteiger partial charge in [0.1, 0.15) is 5.65 Å². The van der Waals surface area contributed by atoms with Crippen LogP contribution in [0.15, 0.2) is 35.3 Å². The van der Waals surface area contributed by atoms with Crippen LogP contribution in [-0.4, -0.2) is 38.4 Å². The van der Waals surface area contributed by atoms with Crippen LogP contribution in [0.4, 0.5) is 0 Å². The summed E-state index contributed by atoms with van der Waals surface area (Å²) in [6, 6.07) is 6.80. The van der Waals surface area contributed by atoms with Crippen LogP contribution in [0.5, 0.6) is 0 Å². The highest BCUT2D eigenvalue weighted by Gasteiger charge is 2.17. The van der Waals surface area contributed by atoms with Crippen molar-refractivity contribution in [1.29, 1.82) is 0 Å². The monoisotopic (exact) mass is 263 g/mol. The molecule has 0 saturated carbocycles. The zero-order valence-electron chi connectivity index (χ0n) is 10.7. The van der Waals surface area contributed by atoms with E-state index >= 15 is 0 Å². The molecule has 1 unspecified atom stereocenters. The Balaban J connectivity index is 2.12. The molecule has 6 heteroatoms. The van der Waals surface area contributed by atoms with Crippen LogP contribution in [0.25, 0.3) is 5.65 Å². The van der Waals surface area contributed by atoms with Gasteiger partial charge in [0.15, 0.2) is 0 Å². The third-order valence-electron chi connectivity index (χ3n) is 2.78. The SMILES string of the molecule is CC(O)(CO)CNCc1cc(=O)n2ccccc2n1. The Labute approximate surface area is 110 Å². The van der Waals surface area contributed by atoms with Gasteiger partial charge in [-0.1, -0.05) is 6.07 Å². The van der Waals surface area contributed by atoms with E-state index in [1.807, 2.05) is 6.07 Å². The van der Waals surface area contributed by atoms with E-state index in [-0.39, 0.29) is 18.7 Å². The zero-order valence-corrected chi connectivity index (χ0v) is 10.7. The van der Waals surface area contributed by atoms with E-state index in [0.717, 1.165) is 0 Å². The molecule has 1 atom stereocenters. The Morgan fingerprint density at radius 1 is 1.47 bits per heavy atom. The predicted octanol–water partition coefficient (Wildman–Crippen LogP) is -0.473. The molecule has 0 fully saturated rings. The van der Waals surface area contributed by atoms with E-state index < -0.39 is 5.60 Å². The summed E-state index contributed by atoms with van der Waals surface area (Å²) in [4.78, 5) is 16.2. The van der Waals surface area contributed by atoms with Crippen LogP contribution in [0.1, 0.15) is 12.6 Å². The molecule has 19 heavy (non-hydrogen) atoms. The summed E-state index contributed by atoms with van der Waals surface area (Å²) in [5.74, 6) is 0. The van der Waals surface area contributed by atoms with Crippen molar-refractivity contribution >= 4 is 5.65 Å². The summed E-state index contributed by atoms with van der Waals surface area (Å²) in [6.45, 7) is 1.78. The van der Waals surface area contributed by atoms with Crippen molar-refractivity contribution in [3.63, 3.8) is 0 Å². The number of nitrogens with zero attached hydrogens (tertiary/aromatic N) is 2. The summed E-state index contributed by atoms with van der Waals surface area (Å²) in [5.41, 5.74) is -0.131. The number of hydrogen-bond acceptors (Lipinski definition) is 5. The molecule has 0 saturated heterocycles. The van der Waals surface area contributed by atoms with Gasteiger partial charge in [-0.15, -0.1) is 0 Å². The summed E-state index contributed by atoms with van der Waals surface area (Å²) in [7, 11) is 0. The first-order valence-corrected chi connectivity index (χ1v) is 6.03. The first-order valence-electron chi connectivity index (χ1n) is 6.03. The highest BCUT2D eigenvalue weighted by molar-refractivity contribution is 5.37. The molecule has 0 aliphatic rings. The van der Waals surface area contributed by atoms with Gasteiger partial charge >= 0.3 is 0 Å². The van der Waals surface area contributed by atoms with Crippen molar-refractivity contribution in [2.45, 2.75) is 19.1 Å². The Bertz CT molecular complexity index is 622. The van der Waals surface area contributed by atoms with Gasteiger partial charge in [-0.25, -0.2) is 4.98 Å². The first-order chi connectivity index (χ1) is 9.02. The summed E-state index contributed by atoms with van der Waals surface area (Å²) < 4.78 is 1.47. The van der Waals surface area contributed by atoms with E-state index in [0.29, 0.717) is 17.9 Å². The second kappa shape index (κ2) is 5.48. The van der Waals surface area contributed by atoms with E-state index in [1.165, 1.54) is 17.4 Å². The van der Waals surface area contributed by atoms with Crippen LogP contribution in [0, 0.1) is 0 Å². The molecular weight excluding hydrogens is 246 g/mol. The highest BCUT2D eigenvalue weighted by Crippen LogP contribution is 2.01. The average molecular weight is 263 g/mol. The maximum atomic E-state index is 11.8. The minimum Gasteiger partial charge on any atom is -0.393 e. The number of aliphatic hydroxyl groups is 2. The molecule has 0 spiro atoms. The molecule has 0 amide bonds. The van der Waals surface area contributed by atoms with Crippen LogP contribution < -0.4 is 10.9 Å². The lowest BCUT2D eigenvalue weighted by Crippen LogP contribution is -2.40. The number of rotatable bonds is 5. The fourth-order valence-electron chi connectivity index (χ4n) is 1.71. The maximum Gasteiger partial charge on any atom is 0.258 e. The fraction of sp³-hybridized carbons (Fsp3) is 0.385. The lowest BCUT2D eigenvalue weighted by Gasteiger charge is -2.20. The second-order valence-electron chi connectivity index (χ2n) is 4.77. The molecule has 2 rings (SSSR count). The third-order valence-corrected chi connectivity index (χ3v) is 2.78. The Morgan fingerprint density at radius 3 is 3.00 bits per heavy atom. The van der Waals surface area contributed by atoms with Gasteiger partial charge in [0, 0.05) is 25.4 Å². The molecule has 0 bridgehead atoms. The minimum atomic E-state index is -1.17. The smallest absolute Gasteiger partial charge is 0.258 e. The molecule has 2 aromatic heterocycles. The average Bonchev–Trinajstić information content (AvgIpc) is 2.39. The lowest BCUT2D eigenvalue weighted by molar-refractivity contribution is 0.00249. The summed E-state index contributed by atoms with van der Waals surface area (Å²) in [6.07, 6.45) is 1.67. The number of pyridine rings is 1. The van der Waals surface area contributed by atoms with Crippen molar-refractivity contribution in [1.82, 2.24) is 14.7 Å². The third kappa shape index (κ3) is 3.37. The van der Waals surface area contributed by atoms with Gasteiger partial charge in [-0.3, -0.25) is 9.20 Å². The fourth-order valence-corrected chi connectivity index (χ4v) is 1.71. The summed E-state index contributed by atoms with van der Waals surface area (Å²) in [5, 5.41) is 21.5. The molecule has 0 radical (unpaired) electrons. The molecule has 0 aromatic carbocycles. The molecule has 0 aliphatic heterocycles. The highest BCUT2D eigenvalue weighted by atomic mass is 16.3. The molecule has 2 aromatic rings. The number of aromatic nitrogens is 2. The number of aliphatic hydroxyl groups excluding tert-OH is 1. The van der Waals surface area contributed by atoms with Gasteiger partial charge in [-0.05, 0) is 19.1 Å². The Kier molecular flexibility index (Phi) is 3.94. The standard InChI is InChI=1S/C13H17N3O3/c1-13(19,9-17)8-14-7-10-6-12(18)16-5-3-2-4-11(16)15-10/h2-6,14,17,19H,7-9H2,1H3. The van der Waals surface area contributed by atoms with E-state index in [9.17, 15) is 9.90 Å². The minimum absolute atomic E-state index is 0.142. The molecule has 102 valence electrons. The van der Waals surface area contributed by atoms with Gasteiger partial charge in [-0.2, -0.15) is 0 Å². The molecular formula is C13H17N3O3. The molecule has 0 aliphatic carbocycles. The summed E-state index contributed by atoms with van der Waals surface area (Å²) >= 11 is 0. The lowest BCUT2D eigenvalue weighted by atomic mass is 10.1. The van der Waals surface area contributed by atoms with Crippen molar-refractivity contribution in [3.8, 4) is 0 Å². The van der Waals surface area contributed by atoms with Crippen molar-refractivity contribution in [3.05, 3.63) is 46.5 Å². The van der Waals surface area contributed by atoms with Crippen molar-refractivity contribution in [2.24, 2.45) is 0 Å². The Hall–Kier alpha value is -1.76. The van der Waals surface area contributed by atoms with E-state index in [2.05, 4.69) is 10.3 Å². The van der Waals surface area contributed by atoms with Gasteiger partial charge < -0.3 is 15.5 Å². The number of hydrogen-bond donors (Lipinski definition) is 3. The largest absolute Gasteiger partial charge is 0.393 e. The topological polar surface area (TPSA) is 86.9 Å². The van der Waals surface area contributed by atoms with Crippen molar-refractivity contribution in [2.75, 3.05) is 13.2 Å². The quantitative estimate of drug-likeness (QED) is 0.679. The van der Waals surface area contributed by atoms with Crippen LogP contribution in [0.2, 0.25) is 0 Å². The zero-order chi connectivity index (χ0) is 13.9. The predicted molar refractivity (Wildman–Crippen MR) is 70.9 cm³/mol. The number of fused-ring (bicyclic) bond motifs is 1. The van der Waals surface area contributed by atoms with Gasteiger partial charge in [0.05, 0.1) is 17.9 Å². The van der Waals surface area contributed by atoms with E-state index in [4.69, 9.17) is 5.11 Å². The second-order valence-corrected chi connectivity index (χ2v) is 4.77. The van der Waals surface area contributed by atoms with Crippen molar-refractivity contribution < 1.29 is 10.2 Å². The van der Waals surface area contributed by atoms with Crippen LogP contribution in [-0.2, 0) is 6.54 Å². The van der Waals surface area contributed by atoms with Crippen LogP contribution >= 0.6 is 0 Å². The van der Waals surface area contributed by atoms with Crippen LogP contribution in [0.3, 0.4) is 0 Å². The maximum absolute atomic E-state index is 11.8. The van der Waals surface area contributed by atoms with Gasteiger partial charge in [0.25, 0.3) is 5.56 Å². The first kappa shape index (κ1) is 13.7. The van der Waals surface area contributed by atoms with Gasteiger partial charge in [0.2, 0.25) is 0 Å². The Morgan fingerprint density at radius 2 is 2.26 bits per heavy atom. The molecule has 6 nitrogen and oxygen atoms in total. The molecule has 2 heterocycles. The van der Waals surface area contributed by atoms with E-state index in [1.54, 1.807) is 18.3 Å². The molecule has 3 N–H and O–H groups in total. The number of nitrogens with one attached hydrogen (secondary N) is 1.